The lowest BCUT2D eigenvalue weighted by atomic mass is 9.95. The topological polar surface area (TPSA) is 34.1 Å². The number of hydrazone groups is 1. The molecule has 0 aromatic heterocycles. The molecule has 0 unspecified atom stereocenters. The summed E-state index contributed by atoms with van der Waals surface area (Å²) in [7, 11) is 1.67. The first-order chi connectivity index (χ1) is 14.1. The van der Waals surface area contributed by atoms with Crippen molar-refractivity contribution in [3.63, 3.8) is 0 Å². The molecule has 29 heavy (non-hydrogen) atoms. The summed E-state index contributed by atoms with van der Waals surface area (Å²) in [6.45, 7) is 2.11. The van der Waals surface area contributed by atoms with Crippen LogP contribution in [0, 0.1) is 6.92 Å². The second-order valence-electron chi connectivity index (χ2n) is 7.38. The minimum Gasteiger partial charge on any atom is -0.497 e. The van der Waals surface area contributed by atoms with Crippen LogP contribution in [-0.4, -0.2) is 17.8 Å². The van der Waals surface area contributed by atoms with Gasteiger partial charge >= 0.3 is 0 Å². The van der Waals surface area contributed by atoms with Gasteiger partial charge < -0.3 is 9.47 Å². The minimum absolute atomic E-state index is 0.0826. The number of methoxy groups -OCH3 is 1. The van der Waals surface area contributed by atoms with Crippen molar-refractivity contribution in [2.45, 2.75) is 25.6 Å². The predicted octanol–water partition coefficient (Wildman–Crippen LogP) is 5.90. The SMILES string of the molecule is COc1ccc(C2=NN3[C@@H](c4ccccc4C)Oc4ccc(Cl)cc4[C@@H]3C2)cc1. The highest BCUT2D eigenvalue weighted by Gasteiger charge is 2.41. The van der Waals surface area contributed by atoms with Gasteiger partial charge in [-0.1, -0.05) is 35.9 Å². The molecule has 0 fully saturated rings. The van der Waals surface area contributed by atoms with Crippen LogP contribution in [0.4, 0.5) is 0 Å². The molecule has 5 heteroatoms. The van der Waals surface area contributed by atoms with Gasteiger partial charge in [0.2, 0.25) is 6.23 Å². The van der Waals surface area contributed by atoms with Crippen LogP contribution >= 0.6 is 11.6 Å². The van der Waals surface area contributed by atoms with Crippen LogP contribution in [-0.2, 0) is 0 Å². The van der Waals surface area contributed by atoms with Gasteiger partial charge in [0, 0.05) is 22.6 Å². The summed E-state index contributed by atoms with van der Waals surface area (Å²) in [6.07, 6.45) is 0.524. The number of rotatable bonds is 3. The summed E-state index contributed by atoms with van der Waals surface area (Å²) in [5, 5.41) is 7.80. The van der Waals surface area contributed by atoms with E-state index >= 15 is 0 Å². The summed E-state index contributed by atoms with van der Waals surface area (Å²) < 4.78 is 11.7. The Balaban J connectivity index is 1.59. The van der Waals surface area contributed by atoms with E-state index in [4.69, 9.17) is 26.2 Å². The zero-order valence-corrected chi connectivity index (χ0v) is 17.1. The lowest BCUT2D eigenvalue weighted by molar-refractivity contribution is -0.0194. The molecule has 2 heterocycles. The molecule has 0 spiro atoms. The van der Waals surface area contributed by atoms with Crippen LogP contribution in [0.5, 0.6) is 11.5 Å². The highest BCUT2D eigenvalue weighted by Crippen LogP contribution is 2.48. The van der Waals surface area contributed by atoms with Crippen LogP contribution in [0.25, 0.3) is 0 Å². The molecule has 0 radical (unpaired) electrons. The van der Waals surface area contributed by atoms with Gasteiger partial charge in [-0.3, -0.25) is 0 Å². The molecule has 0 N–H and O–H groups in total. The van der Waals surface area contributed by atoms with Crippen molar-refractivity contribution in [3.05, 3.63) is 94.0 Å². The van der Waals surface area contributed by atoms with Crippen molar-refractivity contribution >= 4 is 17.3 Å². The summed E-state index contributed by atoms with van der Waals surface area (Å²) in [6, 6.07) is 22.3. The van der Waals surface area contributed by atoms with Crippen molar-refractivity contribution in [2.24, 2.45) is 5.10 Å². The molecule has 146 valence electrons. The molecule has 5 rings (SSSR count). The zero-order chi connectivity index (χ0) is 20.0. The van der Waals surface area contributed by atoms with Crippen molar-refractivity contribution in [1.82, 2.24) is 5.01 Å². The van der Waals surface area contributed by atoms with Gasteiger partial charge in [0.1, 0.15) is 11.5 Å². The van der Waals surface area contributed by atoms with Crippen molar-refractivity contribution < 1.29 is 9.47 Å². The van der Waals surface area contributed by atoms with Crippen LogP contribution in [0.1, 0.15) is 40.9 Å². The van der Waals surface area contributed by atoms with Crippen LogP contribution in [0.2, 0.25) is 5.02 Å². The van der Waals surface area contributed by atoms with E-state index < -0.39 is 0 Å². The van der Waals surface area contributed by atoms with Crippen molar-refractivity contribution in [1.29, 1.82) is 0 Å². The monoisotopic (exact) mass is 404 g/mol. The minimum atomic E-state index is -0.273. The van der Waals surface area contributed by atoms with E-state index in [-0.39, 0.29) is 12.3 Å². The number of halogens is 1. The largest absolute Gasteiger partial charge is 0.497 e. The van der Waals surface area contributed by atoms with Gasteiger partial charge in [-0.15, -0.1) is 0 Å². The first-order valence-corrected chi connectivity index (χ1v) is 10.0. The molecule has 2 atom stereocenters. The van der Waals surface area contributed by atoms with E-state index in [1.54, 1.807) is 7.11 Å². The predicted molar refractivity (Wildman–Crippen MR) is 115 cm³/mol. The highest BCUT2D eigenvalue weighted by atomic mass is 35.5. The zero-order valence-electron chi connectivity index (χ0n) is 16.3. The number of benzene rings is 3. The number of ether oxygens (including phenoxy) is 2. The Morgan fingerprint density at radius 2 is 1.83 bits per heavy atom. The summed E-state index contributed by atoms with van der Waals surface area (Å²) in [4.78, 5) is 0. The van der Waals surface area contributed by atoms with Crippen molar-refractivity contribution in [2.75, 3.05) is 7.11 Å². The van der Waals surface area contributed by atoms with E-state index in [0.29, 0.717) is 5.02 Å². The van der Waals surface area contributed by atoms with Gasteiger partial charge in [-0.05, 0) is 60.5 Å². The van der Waals surface area contributed by atoms with E-state index in [2.05, 4.69) is 36.2 Å². The lowest BCUT2D eigenvalue weighted by Crippen LogP contribution is -2.34. The number of nitrogens with zero attached hydrogens (tertiary/aromatic N) is 2. The number of aryl methyl sites for hydroxylation is 1. The molecular formula is C24H21ClN2O2. The fourth-order valence-electron chi connectivity index (χ4n) is 4.09. The molecule has 3 aromatic carbocycles. The van der Waals surface area contributed by atoms with Gasteiger partial charge in [-0.25, -0.2) is 5.01 Å². The Hall–Kier alpha value is -2.98. The Labute approximate surface area is 175 Å². The van der Waals surface area contributed by atoms with Crippen molar-refractivity contribution in [3.8, 4) is 11.5 Å². The summed E-state index contributed by atoms with van der Waals surface area (Å²) >= 11 is 6.31. The van der Waals surface area contributed by atoms with Crippen LogP contribution in [0.15, 0.2) is 71.8 Å². The third kappa shape index (κ3) is 3.14. The Kier molecular flexibility index (Phi) is 4.44. The average Bonchev–Trinajstić information content (AvgIpc) is 3.20. The van der Waals surface area contributed by atoms with Gasteiger partial charge in [0.25, 0.3) is 0 Å². The quantitative estimate of drug-likeness (QED) is 0.545. The number of fused-ring (bicyclic) bond motifs is 3. The van der Waals surface area contributed by atoms with E-state index in [1.807, 2.05) is 42.5 Å². The maximum atomic E-state index is 6.43. The van der Waals surface area contributed by atoms with Gasteiger partial charge in [0.05, 0.1) is 18.9 Å². The van der Waals surface area contributed by atoms with Crippen LogP contribution < -0.4 is 9.47 Å². The standard InChI is InChI=1S/C24H21ClN2O2/c1-15-5-3-4-6-19(15)24-27-22(20-13-17(25)9-12-23(20)29-24)14-21(26-27)16-7-10-18(28-2)11-8-16/h3-13,22,24H,14H2,1-2H3/t22-,24+/m0/s1. The normalized spacial score (nSPS) is 19.8. The highest BCUT2D eigenvalue weighted by molar-refractivity contribution is 6.30. The third-order valence-electron chi connectivity index (χ3n) is 5.63. The molecule has 0 saturated carbocycles. The summed E-state index contributed by atoms with van der Waals surface area (Å²) in [5.41, 5.74) is 5.51. The summed E-state index contributed by atoms with van der Waals surface area (Å²) in [5.74, 6) is 1.71. The average molecular weight is 405 g/mol. The molecule has 2 aliphatic rings. The fourth-order valence-corrected chi connectivity index (χ4v) is 4.27. The number of hydrogen-bond donors (Lipinski definition) is 0. The maximum Gasteiger partial charge on any atom is 0.214 e. The Morgan fingerprint density at radius 1 is 1.03 bits per heavy atom. The molecule has 0 amide bonds. The lowest BCUT2D eigenvalue weighted by Gasteiger charge is -2.38. The molecule has 2 aliphatic heterocycles. The Morgan fingerprint density at radius 3 is 2.59 bits per heavy atom. The molecule has 0 aliphatic carbocycles. The second kappa shape index (κ2) is 7.12. The molecule has 0 bridgehead atoms. The second-order valence-corrected chi connectivity index (χ2v) is 7.82. The maximum absolute atomic E-state index is 6.43. The first-order valence-electron chi connectivity index (χ1n) is 9.66. The van der Waals surface area contributed by atoms with Crippen LogP contribution in [0.3, 0.4) is 0 Å². The van der Waals surface area contributed by atoms with Gasteiger partial charge in [0.15, 0.2) is 0 Å². The molecular weight excluding hydrogens is 384 g/mol. The van der Waals surface area contributed by atoms with E-state index in [1.165, 1.54) is 5.56 Å². The van der Waals surface area contributed by atoms with E-state index in [9.17, 15) is 0 Å². The van der Waals surface area contributed by atoms with E-state index in [0.717, 1.165) is 40.3 Å². The number of hydrogen-bond acceptors (Lipinski definition) is 4. The van der Waals surface area contributed by atoms with Gasteiger partial charge in [-0.2, -0.15) is 5.10 Å². The molecule has 4 nitrogen and oxygen atoms in total. The third-order valence-corrected chi connectivity index (χ3v) is 5.86. The Bertz CT molecular complexity index is 1090. The molecule has 0 saturated heterocycles. The smallest absolute Gasteiger partial charge is 0.214 e. The fraction of sp³-hybridized carbons (Fsp3) is 0.208. The first kappa shape index (κ1) is 18.1. The molecule has 3 aromatic rings.